The third-order valence-corrected chi connectivity index (χ3v) is 3.85. The lowest BCUT2D eigenvalue weighted by Gasteiger charge is -2.38. The lowest BCUT2D eigenvalue weighted by atomic mass is 10.0. The lowest BCUT2D eigenvalue weighted by Crippen LogP contribution is -2.51. The van der Waals surface area contributed by atoms with Crippen LogP contribution in [0, 0.1) is 0 Å². The smallest absolute Gasteiger partial charge is 0.257 e. The summed E-state index contributed by atoms with van der Waals surface area (Å²) in [6.45, 7) is 2.33. The van der Waals surface area contributed by atoms with E-state index in [-0.39, 0.29) is 5.91 Å². The number of pyridine rings is 1. The molecule has 1 amide bonds. The Morgan fingerprint density at radius 1 is 1.42 bits per heavy atom. The minimum Gasteiger partial charge on any atom is -0.346 e. The number of carbonyl (C=O) groups excluding carboxylic acids is 1. The molecule has 1 spiro atoms. The highest BCUT2D eigenvalue weighted by atomic mass is 35.5. The number of hydrogen-bond acceptors (Lipinski definition) is 4. The molecule has 3 rings (SSSR count). The monoisotopic (exact) mass is 282 g/mol. The normalized spacial score (nSPS) is 21.8. The summed E-state index contributed by atoms with van der Waals surface area (Å²) in [7, 11) is 0. The number of piperidine rings is 1. The minimum absolute atomic E-state index is 0.115. The molecule has 2 aliphatic heterocycles. The van der Waals surface area contributed by atoms with Crippen molar-refractivity contribution in [1.29, 1.82) is 0 Å². The number of rotatable bonds is 1. The Labute approximate surface area is 116 Å². The van der Waals surface area contributed by atoms with E-state index in [1.807, 2.05) is 0 Å². The Balaban J connectivity index is 1.78. The maximum atomic E-state index is 12.5. The van der Waals surface area contributed by atoms with E-state index in [1.165, 1.54) is 6.20 Å². The van der Waals surface area contributed by atoms with Crippen LogP contribution in [0.15, 0.2) is 18.5 Å². The first kappa shape index (κ1) is 12.8. The van der Waals surface area contributed by atoms with E-state index >= 15 is 0 Å². The van der Waals surface area contributed by atoms with Crippen molar-refractivity contribution in [2.45, 2.75) is 18.6 Å². The van der Waals surface area contributed by atoms with E-state index in [1.54, 1.807) is 17.2 Å². The summed E-state index contributed by atoms with van der Waals surface area (Å²) >= 11 is 6.04. The number of amides is 1. The summed E-state index contributed by atoms with van der Waals surface area (Å²) in [5.41, 5.74) is 0.430. The van der Waals surface area contributed by atoms with Gasteiger partial charge in [0.15, 0.2) is 5.79 Å². The number of aromatic nitrogens is 1. The maximum absolute atomic E-state index is 12.5. The zero-order chi connectivity index (χ0) is 13.3. The minimum atomic E-state index is -0.609. The van der Waals surface area contributed by atoms with Crippen LogP contribution in [0.5, 0.6) is 0 Å². The highest BCUT2D eigenvalue weighted by molar-refractivity contribution is 6.33. The fourth-order valence-electron chi connectivity index (χ4n) is 2.60. The van der Waals surface area contributed by atoms with Crippen molar-refractivity contribution in [2.24, 2.45) is 0 Å². The second kappa shape index (κ2) is 5.07. The number of halogens is 1. The molecule has 0 bridgehead atoms. The van der Waals surface area contributed by atoms with Gasteiger partial charge < -0.3 is 14.4 Å². The molecule has 2 aliphatic rings. The van der Waals surface area contributed by atoms with E-state index in [9.17, 15) is 4.79 Å². The van der Waals surface area contributed by atoms with Crippen molar-refractivity contribution in [1.82, 2.24) is 9.88 Å². The summed E-state index contributed by atoms with van der Waals surface area (Å²) in [6, 6.07) is 1.62. The third-order valence-electron chi connectivity index (χ3n) is 3.52. The number of carbonyl (C=O) groups is 1. The molecule has 0 aliphatic carbocycles. The summed E-state index contributed by atoms with van der Waals surface area (Å²) in [4.78, 5) is 18.1. The van der Waals surface area contributed by atoms with Gasteiger partial charge >= 0.3 is 0 Å². The molecule has 0 unspecified atom stereocenters. The van der Waals surface area contributed by atoms with Gasteiger partial charge in [0.1, 0.15) is 0 Å². The molecule has 19 heavy (non-hydrogen) atoms. The molecule has 0 radical (unpaired) electrons. The van der Waals surface area contributed by atoms with Crippen molar-refractivity contribution < 1.29 is 14.3 Å². The number of likely N-dealkylation sites (tertiary alicyclic amines) is 1. The molecule has 0 aromatic carbocycles. The van der Waals surface area contributed by atoms with Gasteiger partial charge in [0.05, 0.1) is 30.3 Å². The van der Waals surface area contributed by atoms with Crippen LogP contribution >= 0.6 is 11.6 Å². The van der Waals surface area contributed by atoms with E-state index in [0.717, 1.165) is 12.8 Å². The van der Waals surface area contributed by atoms with Crippen LogP contribution in [0.2, 0.25) is 5.02 Å². The number of nitrogens with zero attached hydrogens (tertiary/aromatic N) is 2. The van der Waals surface area contributed by atoms with Crippen LogP contribution in [0.25, 0.3) is 0 Å². The van der Waals surface area contributed by atoms with E-state index in [4.69, 9.17) is 21.1 Å². The highest BCUT2D eigenvalue weighted by Gasteiger charge is 2.42. The quantitative estimate of drug-likeness (QED) is 0.787. The molecular formula is C13H15ClN2O3. The second-order valence-corrected chi connectivity index (χ2v) is 5.20. The van der Waals surface area contributed by atoms with Gasteiger partial charge in [-0.25, -0.2) is 0 Å². The number of ether oxygens (including phenoxy) is 2. The first-order valence-electron chi connectivity index (χ1n) is 6.37. The molecule has 102 valence electrons. The van der Waals surface area contributed by atoms with Gasteiger partial charge in [-0.15, -0.1) is 0 Å². The van der Waals surface area contributed by atoms with Crippen molar-refractivity contribution in [3.05, 3.63) is 29.0 Å². The fraction of sp³-hybridized carbons (Fsp3) is 0.538. The summed E-state index contributed by atoms with van der Waals surface area (Å²) in [5, 5.41) is 0.424. The molecule has 6 heteroatoms. The van der Waals surface area contributed by atoms with Crippen LogP contribution in [0.4, 0.5) is 0 Å². The van der Waals surface area contributed by atoms with Crippen molar-refractivity contribution in [2.75, 3.05) is 26.3 Å². The van der Waals surface area contributed by atoms with Crippen molar-refractivity contribution in [3.8, 4) is 0 Å². The summed E-state index contributed by atoms with van der Waals surface area (Å²) in [6.07, 6.45) is 4.77. The van der Waals surface area contributed by atoms with Crippen molar-refractivity contribution >= 4 is 17.5 Å². The topological polar surface area (TPSA) is 51.7 Å². The van der Waals surface area contributed by atoms with Gasteiger partial charge in [0.2, 0.25) is 0 Å². The van der Waals surface area contributed by atoms with E-state index < -0.39 is 5.79 Å². The summed E-state index contributed by atoms with van der Waals surface area (Å²) < 4.78 is 11.3. The lowest BCUT2D eigenvalue weighted by molar-refractivity contribution is -0.183. The predicted octanol–water partition coefficient (Wildman–Crippen LogP) is 1.71. The van der Waals surface area contributed by atoms with Gasteiger partial charge in [-0.05, 0) is 12.5 Å². The first-order chi connectivity index (χ1) is 9.20. The predicted molar refractivity (Wildman–Crippen MR) is 69.0 cm³/mol. The Hall–Kier alpha value is -1.17. The summed E-state index contributed by atoms with van der Waals surface area (Å²) in [5.74, 6) is -0.723. The largest absolute Gasteiger partial charge is 0.346 e. The van der Waals surface area contributed by atoms with Gasteiger partial charge in [-0.2, -0.15) is 0 Å². The zero-order valence-electron chi connectivity index (χ0n) is 10.5. The molecule has 2 saturated heterocycles. The van der Waals surface area contributed by atoms with Crippen molar-refractivity contribution in [3.63, 3.8) is 0 Å². The fourth-order valence-corrected chi connectivity index (χ4v) is 2.79. The molecule has 3 heterocycles. The van der Waals surface area contributed by atoms with Gasteiger partial charge in [0.25, 0.3) is 5.91 Å². The average Bonchev–Trinajstić information content (AvgIpc) is 2.86. The van der Waals surface area contributed by atoms with Crippen LogP contribution in [0.3, 0.4) is 0 Å². The number of hydrogen-bond donors (Lipinski definition) is 0. The molecule has 0 N–H and O–H groups in total. The second-order valence-electron chi connectivity index (χ2n) is 4.79. The van der Waals surface area contributed by atoms with Gasteiger partial charge in [-0.1, -0.05) is 11.6 Å². The van der Waals surface area contributed by atoms with Gasteiger partial charge in [0, 0.05) is 25.4 Å². The Kier molecular flexibility index (Phi) is 3.43. The molecule has 1 aromatic heterocycles. The third kappa shape index (κ3) is 2.45. The zero-order valence-corrected chi connectivity index (χ0v) is 11.2. The Morgan fingerprint density at radius 3 is 2.95 bits per heavy atom. The standard InChI is InChI=1S/C13H15ClN2O3/c14-11-2-4-15-8-10(11)12(17)16-5-1-3-13(9-16)18-6-7-19-13/h2,4,8H,1,3,5-7,9H2. The molecule has 1 aromatic rings. The van der Waals surface area contributed by atoms with Crippen LogP contribution in [-0.2, 0) is 9.47 Å². The average molecular weight is 283 g/mol. The van der Waals surface area contributed by atoms with Crippen LogP contribution in [-0.4, -0.2) is 47.9 Å². The SMILES string of the molecule is O=C(c1cnccc1Cl)N1CCCC2(C1)OCCO2. The van der Waals surface area contributed by atoms with Gasteiger partial charge in [-0.3, -0.25) is 9.78 Å². The molecule has 0 saturated carbocycles. The van der Waals surface area contributed by atoms with E-state index in [2.05, 4.69) is 4.98 Å². The molecule has 2 fully saturated rings. The Bertz CT molecular complexity index is 489. The van der Waals surface area contributed by atoms with E-state index in [0.29, 0.717) is 36.9 Å². The Morgan fingerprint density at radius 2 is 2.21 bits per heavy atom. The highest BCUT2D eigenvalue weighted by Crippen LogP contribution is 2.31. The maximum Gasteiger partial charge on any atom is 0.257 e. The molecule has 0 atom stereocenters. The molecule has 5 nitrogen and oxygen atoms in total. The molecular weight excluding hydrogens is 268 g/mol. The van der Waals surface area contributed by atoms with Crippen LogP contribution < -0.4 is 0 Å². The first-order valence-corrected chi connectivity index (χ1v) is 6.75. The van der Waals surface area contributed by atoms with Crippen LogP contribution in [0.1, 0.15) is 23.2 Å².